The molecule has 0 saturated carbocycles. The highest BCUT2D eigenvalue weighted by molar-refractivity contribution is 7.97. The van der Waals surface area contributed by atoms with Crippen molar-refractivity contribution in [3.05, 3.63) is 47.1 Å². The first-order chi connectivity index (χ1) is 10.3. The average Bonchev–Trinajstić information content (AvgIpc) is 3.14. The number of hydrogen-bond donors (Lipinski definition) is 1. The highest BCUT2D eigenvalue weighted by atomic mass is 32.2. The number of hydrogen-bond acceptors (Lipinski definition) is 5. The van der Waals surface area contributed by atoms with Crippen LogP contribution < -0.4 is 5.32 Å². The van der Waals surface area contributed by atoms with Crippen molar-refractivity contribution < 1.29 is 9.21 Å². The third-order valence-corrected chi connectivity index (χ3v) is 4.33. The van der Waals surface area contributed by atoms with Crippen molar-refractivity contribution >= 4 is 34.0 Å². The van der Waals surface area contributed by atoms with Crippen molar-refractivity contribution in [3.8, 4) is 0 Å². The van der Waals surface area contributed by atoms with Crippen LogP contribution in [0.1, 0.15) is 22.0 Å². The summed E-state index contributed by atoms with van der Waals surface area (Å²) < 4.78 is 7.46. The number of fused-ring (bicyclic) bond motifs is 1. The molecule has 0 bridgehead atoms. The first-order valence-corrected chi connectivity index (χ1v) is 8.80. The molecule has 3 heterocycles. The van der Waals surface area contributed by atoms with E-state index in [0.29, 0.717) is 18.7 Å². The average molecular weight is 321 g/mol. The topological polar surface area (TPSA) is 59.5 Å². The van der Waals surface area contributed by atoms with E-state index in [1.54, 1.807) is 29.2 Å². The molecule has 0 radical (unpaired) electrons. The van der Waals surface area contributed by atoms with Crippen molar-refractivity contribution in [1.29, 1.82) is 0 Å². The van der Waals surface area contributed by atoms with Crippen LogP contribution in [0.15, 0.2) is 34.3 Å². The molecule has 3 aromatic rings. The van der Waals surface area contributed by atoms with Crippen LogP contribution in [0.5, 0.6) is 0 Å². The molecule has 7 heteroatoms. The second-order valence-electron chi connectivity index (χ2n) is 4.53. The van der Waals surface area contributed by atoms with Crippen molar-refractivity contribution in [1.82, 2.24) is 14.7 Å². The molecule has 0 aliphatic carbocycles. The maximum atomic E-state index is 11.9. The van der Waals surface area contributed by atoms with E-state index in [2.05, 4.69) is 10.3 Å². The molecule has 1 amide bonds. The quantitative estimate of drug-likeness (QED) is 0.758. The number of carbonyl (C=O) groups excluding carboxylic acids is 1. The molecule has 0 unspecified atom stereocenters. The molecule has 0 aromatic carbocycles. The van der Waals surface area contributed by atoms with Crippen molar-refractivity contribution in [2.24, 2.45) is 0 Å². The SMILES string of the molecule is CSCc1ccc(C(=O)NCCc2cn3ccsc3n2)o1. The summed E-state index contributed by atoms with van der Waals surface area (Å²) in [5.74, 6) is 1.79. The van der Waals surface area contributed by atoms with Crippen LogP contribution in [0, 0.1) is 0 Å². The third kappa shape index (κ3) is 3.30. The molecule has 3 aromatic heterocycles. The Morgan fingerprint density at radius 2 is 2.43 bits per heavy atom. The van der Waals surface area contributed by atoms with Crippen LogP contribution in [0.4, 0.5) is 0 Å². The maximum Gasteiger partial charge on any atom is 0.287 e. The first-order valence-electron chi connectivity index (χ1n) is 6.53. The zero-order valence-electron chi connectivity index (χ0n) is 11.5. The Hall–Kier alpha value is -1.73. The molecule has 0 atom stereocenters. The number of aromatic nitrogens is 2. The summed E-state index contributed by atoms with van der Waals surface area (Å²) in [5, 5.41) is 4.85. The van der Waals surface area contributed by atoms with Crippen molar-refractivity contribution in [2.75, 3.05) is 12.8 Å². The van der Waals surface area contributed by atoms with Gasteiger partial charge in [-0.3, -0.25) is 9.20 Å². The molecule has 0 fully saturated rings. The van der Waals surface area contributed by atoms with E-state index in [4.69, 9.17) is 4.42 Å². The van der Waals surface area contributed by atoms with Gasteiger partial charge < -0.3 is 9.73 Å². The standard InChI is InChI=1S/C14H15N3O2S2/c1-20-9-11-2-3-12(19-11)13(18)15-5-4-10-8-17-6-7-21-14(17)16-10/h2-3,6-8H,4-5,9H2,1H3,(H,15,18). The molecule has 0 aliphatic rings. The number of carbonyl (C=O) groups is 1. The predicted molar refractivity (Wildman–Crippen MR) is 85.0 cm³/mol. The van der Waals surface area contributed by atoms with E-state index >= 15 is 0 Å². The molecule has 1 N–H and O–H groups in total. The first kappa shape index (κ1) is 14.2. The summed E-state index contributed by atoms with van der Waals surface area (Å²) in [6.07, 6.45) is 6.67. The van der Waals surface area contributed by atoms with Gasteiger partial charge in [-0.1, -0.05) is 0 Å². The minimum atomic E-state index is -0.177. The Morgan fingerprint density at radius 1 is 1.52 bits per heavy atom. The molecule has 0 spiro atoms. The highest BCUT2D eigenvalue weighted by Gasteiger charge is 2.11. The fraction of sp³-hybridized carbons (Fsp3) is 0.286. The van der Waals surface area contributed by atoms with Gasteiger partial charge >= 0.3 is 0 Å². The smallest absolute Gasteiger partial charge is 0.287 e. The molecule has 0 aliphatic heterocycles. The number of imidazole rings is 1. The van der Waals surface area contributed by atoms with Crippen molar-refractivity contribution in [3.63, 3.8) is 0 Å². The zero-order valence-corrected chi connectivity index (χ0v) is 13.2. The molecule has 5 nitrogen and oxygen atoms in total. The summed E-state index contributed by atoms with van der Waals surface area (Å²) in [6, 6.07) is 3.56. The summed E-state index contributed by atoms with van der Waals surface area (Å²) >= 11 is 3.26. The summed E-state index contributed by atoms with van der Waals surface area (Å²) in [4.78, 5) is 17.4. The van der Waals surface area contributed by atoms with Gasteiger partial charge in [0.1, 0.15) is 5.76 Å². The maximum absolute atomic E-state index is 11.9. The van der Waals surface area contributed by atoms with Gasteiger partial charge in [-0.05, 0) is 18.4 Å². The number of thioether (sulfide) groups is 1. The molecule has 110 valence electrons. The van der Waals surface area contributed by atoms with Crippen molar-refractivity contribution in [2.45, 2.75) is 12.2 Å². The monoisotopic (exact) mass is 321 g/mol. The number of nitrogens with one attached hydrogen (secondary N) is 1. The van der Waals surface area contributed by atoms with Gasteiger partial charge in [0.2, 0.25) is 0 Å². The summed E-state index contributed by atoms with van der Waals surface area (Å²) in [6.45, 7) is 0.544. The van der Waals surface area contributed by atoms with Gasteiger partial charge in [0.15, 0.2) is 10.7 Å². The minimum Gasteiger partial charge on any atom is -0.455 e. The molecule has 3 rings (SSSR count). The largest absolute Gasteiger partial charge is 0.455 e. The van der Waals surface area contributed by atoms with Gasteiger partial charge in [0.25, 0.3) is 5.91 Å². The van der Waals surface area contributed by atoms with Crippen LogP contribution in [-0.4, -0.2) is 28.1 Å². The predicted octanol–water partition coefficient (Wildman–Crippen LogP) is 2.82. The third-order valence-electron chi connectivity index (χ3n) is 2.98. The Labute approximate surface area is 130 Å². The number of amides is 1. The van der Waals surface area contributed by atoms with E-state index in [9.17, 15) is 4.79 Å². The fourth-order valence-corrected chi connectivity index (χ4v) is 3.17. The number of thiazole rings is 1. The van der Waals surface area contributed by atoms with E-state index < -0.39 is 0 Å². The number of furan rings is 1. The van der Waals surface area contributed by atoms with Gasteiger partial charge in [0, 0.05) is 30.7 Å². The van der Waals surface area contributed by atoms with Gasteiger partial charge in [-0.25, -0.2) is 4.98 Å². The Balaban J connectivity index is 1.52. The Kier molecular flexibility index (Phi) is 4.31. The van der Waals surface area contributed by atoms with Gasteiger partial charge in [-0.15, -0.1) is 11.3 Å². The van der Waals surface area contributed by atoms with E-state index in [0.717, 1.165) is 22.2 Å². The lowest BCUT2D eigenvalue weighted by Gasteiger charge is -2.01. The molecular formula is C14H15N3O2S2. The lowest BCUT2D eigenvalue weighted by Crippen LogP contribution is -2.25. The number of rotatable bonds is 6. The second kappa shape index (κ2) is 6.36. The molecule has 0 saturated heterocycles. The van der Waals surface area contributed by atoms with Crippen LogP contribution >= 0.6 is 23.1 Å². The van der Waals surface area contributed by atoms with Crippen LogP contribution in [0.2, 0.25) is 0 Å². The fourth-order valence-electron chi connectivity index (χ4n) is 2.01. The van der Waals surface area contributed by atoms with E-state index in [1.165, 1.54) is 0 Å². The van der Waals surface area contributed by atoms with Crippen LogP contribution in [0.25, 0.3) is 4.96 Å². The highest BCUT2D eigenvalue weighted by Crippen LogP contribution is 2.14. The number of nitrogens with zero attached hydrogens (tertiary/aromatic N) is 2. The lowest BCUT2D eigenvalue weighted by molar-refractivity contribution is 0.0925. The summed E-state index contributed by atoms with van der Waals surface area (Å²) in [5.41, 5.74) is 0.977. The van der Waals surface area contributed by atoms with E-state index in [-0.39, 0.29) is 5.91 Å². The zero-order chi connectivity index (χ0) is 14.7. The van der Waals surface area contributed by atoms with Crippen LogP contribution in [0.3, 0.4) is 0 Å². The normalized spacial score (nSPS) is 11.1. The Bertz CT molecular complexity index is 716. The lowest BCUT2D eigenvalue weighted by atomic mass is 10.3. The van der Waals surface area contributed by atoms with E-state index in [1.807, 2.05) is 34.5 Å². The molecule has 21 heavy (non-hydrogen) atoms. The Morgan fingerprint density at radius 3 is 3.24 bits per heavy atom. The van der Waals surface area contributed by atoms with Crippen LogP contribution in [-0.2, 0) is 12.2 Å². The molecular weight excluding hydrogens is 306 g/mol. The van der Waals surface area contributed by atoms with Gasteiger partial charge in [-0.2, -0.15) is 11.8 Å². The van der Waals surface area contributed by atoms with Gasteiger partial charge in [0.05, 0.1) is 11.4 Å². The minimum absolute atomic E-state index is 0.177. The summed E-state index contributed by atoms with van der Waals surface area (Å²) in [7, 11) is 0. The second-order valence-corrected chi connectivity index (χ2v) is 6.27.